The highest BCUT2D eigenvalue weighted by Gasteiger charge is 2.18. The Balaban J connectivity index is 1.37. The number of benzene rings is 1. The number of anilines is 2. The molecule has 0 fully saturated rings. The van der Waals surface area contributed by atoms with Crippen molar-refractivity contribution < 1.29 is 4.39 Å². The molecule has 0 bridgehead atoms. The van der Waals surface area contributed by atoms with Crippen LogP contribution in [0.2, 0.25) is 0 Å². The number of hydrogen-bond acceptors (Lipinski definition) is 8. The minimum absolute atomic E-state index is 0.286. The number of rotatable bonds is 9. The van der Waals surface area contributed by atoms with E-state index < -0.39 is 0 Å². The molecule has 6 aromatic rings. The van der Waals surface area contributed by atoms with Crippen LogP contribution < -0.4 is 10.6 Å². The molecule has 1 aromatic carbocycles. The van der Waals surface area contributed by atoms with Crippen molar-refractivity contribution in [2.45, 2.75) is 19.9 Å². The largest absolute Gasteiger partial charge is 0.384 e. The highest BCUT2D eigenvalue weighted by Crippen LogP contribution is 2.32. The normalized spacial score (nSPS) is 11.7. The maximum absolute atomic E-state index is 14.6. The monoisotopic (exact) mass is 550 g/mol. The molecule has 10 nitrogen and oxygen atoms in total. The van der Waals surface area contributed by atoms with Crippen LogP contribution in [-0.4, -0.2) is 73.2 Å². The lowest BCUT2D eigenvalue weighted by molar-refractivity contribution is 0.425. The number of aromatic nitrogens is 7. The maximum Gasteiger partial charge on any atom is 0.161 e. The third kappa shape index (κ3) is 5.57. The average Bonchev–Trinajstić information content (AvgIpc) is 3.56. The van der Waals surface area contributed by atoms with Gasteiger partial charge in [-0.25, -0.2) is 14.4 Å². The van der Waals surface area contributed by atoms with Crippen LogP contribution in [0.1, 0.15) is 13.8 Å². The molecular weight excluding hydrogens is 519 g/mol. The third-order valence-corrected chi connectivity index (χ3v) is 6.58. The maximum atomic E-state index is 14.6. The van der Waals surface area contributed by atoms with Gasteiger partial charge in [0, 0.05) is 54.5 Å². The molecule has 11 heteroatoms. The molecule has 41 heavy (non-hydrogen) atoms. The van der Waals surface area contributed by atoms with Gasteiger partial charge in [0.25, 0.3) is 0 Å². The fraction of sp³-hybridized carbons (Fsp3) is 0.233. The molecule has 0 aliphatic carbocycles. The molecule has 5 aromatic heterocycles. The Hall–Kier alpha value is -4.90. The number of H-pyrrole nitrogens is 2. The first-order valence-electron chi connectivity index (χ1n) is 13.5. The molecule has 4 N–H and O–H groups in total. The van der Waals surface area contributed by atoms with E-state index in [1.54, 1.807) is 18.6 Å². The van der Waals surface area contributed by atoms with Crippen LogP contribution in [0, 0.1) is 5.82 Å². The number of nitrogens with one attached hydrogen (secondary N) is 4. The lowest BCUT2D eigenvalue weighted by Crippen LogP contribution is -2.20. The van der Waals surface area contributed by atoms with Gasteiger partial charge in [-0.05, 0) is 70.4 Å². The van der Waals surface area contributed by atoms with Crippen LogP contribution in [0.3, 0.4) is 0 Å². The summed E-state index contributed by atoms with van der Waals surface area (Å²) in [5.41, 5.74) is 7.92. The van der Waals surface area contributed by atoms with E-state index in [4.69, 9.17) is 9.97 Å². The van der Waals surface area contributed by atoms with Crippen LogP contribution in [-0.2, 0) is 0 Å². The van der Waals surface area contributed by atoms with E-state index in [1.807, 2.05) is 44.4 Å². The Morgan fingerprint density at radius 2 is 1.73 bits per heavy atom. The van der Waals surface area contributed by atoms with E-state index in [2.05, 4.69) is 54.5 Å². The predicted octanol–water partition coefficient (Wildman–Crippen LogP) is 5.56. The van der Waals surface area contributed by atoms with Gasteiger partial charge in [-0.2, -0.15) is 5.10 Å². The second kappa shape index (κ2) is 10.9. The first kappa shape index (κ1) is 26.3. The number of imidazole rings is 1. The quantitative estimate of drug-likeness (QED) is 0.185. The second-order valence-corrected chi connectivity index (χ2v) is 10.5. The first-order chi connectivity index (χ1) is 19.8. The molecular formula is C30H31FN10. The Kier molecular flexibility index (Phi) is 7.02. The van der Waals surface area contributed by atoms with Gasteiger partial charge in [0.05, 0.1) is 28.1 Å². The van der Waals surface area contributed by atoms with Crippen molar-refractivity contribution in [1.82, 2.24) is 40.0 Å². The molecule has 0 spiro atoms. The van der Waals surface area contributed by atoms with Crippen LogP contribution in [0.25, 0.3) is 56.1 Å². The molecule has 0 aliphatic rings. The van der Waals surface area contributed by atoms with E-state index in [1.165, 1.54) is 12.1 Å². The van der Waals surface area contributed by atoms with Gasteiger partial charge in [-0.1, -0.05) is 0 Å². The zero-order chi connectivity index (χ0) is 28.5. The molecule has 0 atom stereocenters. The van der Waals surface area contributed by atoms with Crippen molar-refractivity contribution in [3.63, 3.8) is 0 Å². The number of pyridine rings is 3. The summed E-state index contributed by atoms with van der Waals surface area (Å²) in [5.74, 6) is 0.195. The lowest BCUT2D eigenvalue weighted by Gasteiger charge is -2.12. The molecule has 0 radical (unpaired) electrons. The Morgan fingerprint density at radius 3 is 2.56 bits per heavy atom. The number of aromatic amines is 2. The molecule has 0 amide bonds. The van der Waals surface area contributed by atoms with Crippen molar-refractivity contribution >= 4 is 33.4 Å². The molecule has 0 saturated heterocycles. The molecule has 0 aliphatic heterocycles. The number of fused-ring (bicyclic) bond motifs is 2. The van der Waals surface area contributed by atoms with E-state index in [0.717, 1.165) is 34.5 Å². The molecule has 0 saturated carbocycles. The topological polar surface area (TPSA) is 123 Å². The van der Waals surface area contributed by atoms with E-state index in [-0.39, 0.29) is 11.9 Å². The van der Waals surface area contributed by atoms with E-state index in [9.17, 15) is 4.39 Å². The van der Waals surface area contributed by atoms with Crippen molar-refractivity contribution in [2.75, 3.05) is 37.8 Å². The Morgan fingerprint density at radius 1 is 0.902 bits per heavy atom. The lowest BCUT2D eigenvalue weighted by atomic mass is 10.1. The van der Waals surface area contributed by atoms with Crippen LogP contribution in [0.5, 0.6) is 0 Å². The Labute approximate surface area is 236 Å². The second-order valence-electron chi connectivity index (χ2n) is 10.5. The molecule has 0 unspecified atom stereocenters. The van der Waals surface area contributed by atoms with Gasteiger partial charge in [-0.15, -0.1) is 0 Å². The average molecular weight is 551 g/mol. The number of hydrogen-bond donors (Lipinski definition) is 4. The molecule has 208 valence electrons. The van der Waals surface area contributed by atoms with E-state index >= 15 is 0 Å². The summed E-state index contributed by atoms with van der Waals surface area (Å²) >= 11 is 0. The first-order valence-corrected chi connectivity index (χ1v) is 13.5. The van der Waals surface area contributed by atoms with Crippen molar-refractivity contribution in [3.05, 3.63) is 66.9 Å². The summed E-state index contributed by atoms with van der Waals surface area (Å²) in [6, 6.07) is 12.9. The molecule has 5 heterocycles. The number of halogens is 1. The van der Waals surface area contributed by atoms with Gasteiger partial charge >= 0.3 is 0 Å². The fourth-order valence-corrected chi connectivity index (χ4v) is 4.73. The van der Waals surface area contributed by atoms with Crippen LogP contribution >= 0.6 is 0 Å². The summed E-state index contributed by atoms with van der Waals surface area (Å²) < 4.78 is 14.6. The highest BCUT2D eigenvalue weighted by molar-refractivity contribution is 5.95. The van der Waals surface area contributed by atoms with Crippen LogP contribution in [0.4, 0.5) is 15.8 Å². The summed E-state index contributed by atoms with van der Waals surface area (Å²) in [5, 5.41) is 14.3. The summed E-state index contributed by atoms with van der Waals surface area (Å²) in [4.78, 5) is 24.1. The van der Waals surface area contributed by atoms with Crippen molar-refractivity contribution in [2.24, 2.45) is 0 Å². The van der Waals surface area contributed by atoms with E-state index in [0.29, 0.717) is 46.0 Å². The fourth-order valence-electron chi connectivity index (χ4n) is 4.73. The number of likely N-dealkylation sites (N-methyl/N-ethyl adjacent to an activating group) is 1. The van der Waals surface area contributed by atoms with Gasteiger partial charge in [0.2, 0.25) is 0 Å². The zero-order valence-corrected chi connectivity index (χ0v) is 23.3. The highest BCUT2D eigenvalue weighted by atomic mass is 19.1. The summed E-state index contributed by atoms with van der Waals surface area (Å²) in [7, 11) is 3.99. The standard InChI is InChI=1S/C30H31FN10/c1-17(2)35-22-13-19(15-32-16-22)23-5-6-25-28(36-23)29(40-39-25)30-37-24-7-8-34-26(27(24)38-30)18-11-20(31)14-21(12-18)33-9-10-41(3)4/h5-8,11-17,33,35H,9-10H2,1-4H3,(H,37,38)(H,39,40). The number of nitrogens with zero attached hydrogens (tertiary/aromatic N) is 6. The predicted molar refractivity (Wildman–Crippen MR) is 161 cm³/mol. The summed E-state index contributed by atoms with van der Waals surface area (Å²) in [6.45, 7) is 5.68. The van der Waals surface area contributed by atoms with Gasteiger partial charge in [-0.3, -0.25) is 15.1 Å². The summed E-state index contributed by atoms with van der Waals surface area (Å²) in [6.07, 6.45) is 5.28. The van der Waals surface area contributed by atoms with Crippen LogP contribution in [0.15, 0.2) is 61.1 Å². The zero-order valence-electron chi connectivity index (χ0n) is 23.3. The van der Waals surface area contributed by atoms with Crippen molar-refractivity contribution in [1.29, 1.82) is 0 Å². The Bertz CT molecular complexity index is 1840. The van der Waals surface area contributed by atoms with Gasteiger partial charge < -0.3 is 20.5 Å². The SMILES string of the molecule is CC(C)Nc1cncc(-c2ccc3[nH]nc(-c4nc5c(-c6cc(F)cc(NCCN(C)C)c6)nccc5[nH]4)c3n2)c1. The third-order valence-electron chi connectivity index (χ3n) is 6.58. The minimum Gasteiger partial charge on any atom is -0.384 e. The molecule has 6 rings (SSSR count). The smallest absolute Gasteiger partial charge is 0.161 e. The van der Waals surface area contributed by atoms with Crippen molar-refractivity contribution in [3.8, 4) is 34.0 Å². The minimum atomic E-state index is -0.346. The van der Waals surface area contributed by atoms with Gasteiger partial charge in [0.15, 0.2) is 11.5 Å². The van der Waals surface area contributed by atoms with Gasteiger partial charge in [0.1, 0.15) is 16.9 Å².